The Hall–Kier alpha value is -0.900. The first-order valence-electron chi connectivity index (χ1n) is 8.17. The van der Waals surface area contributed by atoms with Gasteiger partial charge in [-0.3, -0.25) is 11.3 Å². The molecule has 0 aromatic heterocycles. The molecule has 118 valence electrons. The van der Waals surface area contributed by atoms with E-state index in [0.29, 0.717) is 0 Å². The fourth-order valence-electron chi connectivity index (χ4n) is 4.08. The van der Waals surface area contributed by atoms with Crippen LogP contribution >= 0.6 is 0 Å². The molecule has 3 unspecified atom stereocenters. The van der Waals surface area contributed by atoms with Gasteiger partial charge in [0.15, 0.2) is 0 Å². The lowest BCUT2D eigenvalue weighted by Gasteiger charge is -2.50. The van der Waals surface area contributed by atoms with Gasteiger partial charge < -0.3 is 4.90 Å². The van der Waals surface area contributed by atoms with Gasteiger partial charge in [0.25, 0.3) is 0 Å². The average Bonchev–Trinajstić information content (AvgIpc) is 2.44. The van der Waals surface area contributed by atoms with Crippen LogP contribution in [0.5, 0.6) is 0 Å². The van der Waals surface area contributed by atoms with Gasteiger partial charge in [0.05, 0.1) is 0 Å². The smallest absolute Gasteiger partial charge is 0.0434 e. The van der Waals surface area contributed by atoms with Crippen LogP contribution in [0.1, 0.15) is 43.7 Å². The standard InChI is InChI=1S/C18H31N3/c1-14-7-5-9-16(11-14)12-17(20-19)18(21(3)4)10-6-8-15(2)13-18/h5,7,9,11,15,17,20H,6,8,10,12-13,19H2,1-4H3. The Morgan fingerprint density at radius 2 is 2.19 bits per heavy atom. The van der Waals surface area contributed by atoms with Crippen LogP contribution in [0.3, 0.4) is 0 Å². The largest absolute Gasteiger partial charge is 0.302 e. The summed E-state index contributed by atoms with van der Waals surface area (Å²) >= 11 is 0. The van der Waals surface area contributed by atoms with Gasteiger partial charge in [0.1, 0.15) is 0 Å². The van der Waals surface area contributed by atoms with Crippen molar-refractivity contribution in [2.75, 3.05) is 14.1 Å². The third-order valence-electron chi connectivity index (χ3n) is 5.27. The van der Waals surface area contributed by atoms with Crippen molar-refractivity contribution in [3.05, 3.63) is 35.4 Å². The van der Waals surface area contributed by atoms with E-state index in [-0.39, 0.29) is 11.6 Å². The summed E-state index contributed by atoms with van der Waals surface area (Å²) in [6.45, 7) is 4.52. The first kappa shape index (κ1) is 16.5. The zero-order chi connectivity index (χ0) is 15.5. The molecule has 0 aliphatic heterocycles. The van der Waals surface area contributed by atoms with Gasteiger partial charge in [-0.25, -0.2) is 0 Å². The van der Waals surface area contributed by atoms with Crippen molar-refractivity contribution >= 4 is 0 Å². The minimum Gasteiger partial charge on any atom is -0.302 e. The molecule has 0 radical (unpaired) electrons. The van der Waals surface area contributed by atoms with Crippen LogP contribution in [0, 0.1) is 12.8 Å². The van der Waals surface area contributed by atoms with Crippen LogP contribution in [0.15, 0.2) is 24.3 Å². The number of benzene rings is 1. The summed E-state index contributed by atoms with van der Waals surface area (Å²) in [6, 6.07) is 9.08. The molecule has 3 heteroatoms. The van der Waals surface area contributed by atoms with Crippen LogP contribution in [-0.4, -0.2) is 30.6 Å². The lowest BCUT2D eigenvalue weighted by Crippen LogP contribution is -2.63. The van der Waals surface area contributed by atoms with Crippen LogP contribution in [-0.2, 0) is 6.42 Å². The van der Waals surface area contributed by atoms with Crippen molar-refractivity contribution in [3.8, 4) is 0 Å². The third-order valence-corrected chi connectivity index (χ3v) is 5.27. The second-order valence-electron chi connectivity index (χ2n) is 7.11. The van der Waals surface area contributed by atoms with E-state index in [0.717, 1.165) is 12.3 Å². The van der Waals surface area contributed by atoms with Crippen LogP contribution < -0.4 is 11.3 Å². The fraction of sp³-hybridized carbons (Fsp3) is 0.667. The zero-order valence-electron chi connectivity index (χ0n) is 14.0. The molecular weight excluding hydrogens is 258 g/mol. The van der Waals surface area contributed by atoms with Gasteiger partial charge in [-0.1, -0.05) is 49.6 Å². The molecule has 1 aliphatic rings. The first-order chi connectivity index (χ1) is 9.98. The Kier molecular flexibility index (Phi) is 5.42. The fourth-order valence-corrected chi connectivity index (χ4v) is 4.08. The number of nitrogens with one attached hydrogen (secondary N) is 1. The minimum absolute atomic E-state index is 0.163. The number of hydrogen-bond acceptors (Lipinski definition) is 3. The predicted octanol–water partition coefficient (Wildman–Crippen LogP) is 2.88. The van der Waals surface area contributed by atoms with E-state index in [4.69, 9.17) is 5.84 Å². The van der Waals surface area contributed by atoms with Crippen molar-refractivity contribution in [3.63, 3.8) is 0 Å². The van der Waals surface area contributed by atoms with Crippen molar-refractivity contribution in [2.45, 2.75) is 57.5 Å². The highest BCUT2D eigenvalue weighted by atomic mass is 15.3. The molecule has 1 aliphatic carbocycles. The van der Waals surface area contributed by atoms with Crippen molar-refractivity contribution < 1.29 is 0 Å². The summed E-state index contributed by atoms with van der Waals surface area (Å²) in [4.78, 5) is 2.41. The summed E-state index contributed by atoms with van der Waals surface area (Å²) in [7, 11) is 4.41. The van der Waals surface area contributed by atoms with Crippen molar-refractivity contribution in [2.24, 2.45) is 11.8 Å². The number of nitrogens with zero attached hydrogens (tertiary/aromatic N) is 1. The minimum atomic E-state index is 0.163. The van der Waals surface area contributed by atoms with Gasteiger partial charge >= 0.3 is 0 Å². The number of hydrogen-bond donors (Lipinski definition) is 2. The molecule has 1 fully saturated rings. The average molecular weight is 289 g/mol. The summed E-state index contributed by atoms with van der Waals surface area (Å²) in [5.41, 5.74) is 5.99. The predicted molar refractivity (Wildman–Crippen MR) is 90.0 cm³/mol. The maximum atomic E-state index is 5.98. The van der Waals surface area contributed by atoms with E-state index < -0.39 is 0 Å². The number of rotatable bonds is 5. The molecule has 0 heterocycles. The highest BCUT2D eigenvalue weighted by molar-refractivity contribution is 5.24. The number of hydrazine groups is 1. The molecule has 3 atom stereocenters. The highest BCUT2D eigenvalue weighted by Gasteiger charge is 2.43. The zero-order valence-corrected chi connectivity index (χ0v) is 14.0. The van der Waals surface area contributed by atoms with E-state index >= 15 is 0 Å². The van der Waals surface area contributed by atoms with E-state index in [1.54, 1.807) is 0 Å². The third kappa shape index (κ3) is 3.65. The normalized spacial score (nSPS) is 27.8. The number of nitrogens with two attached hydrogens (primary N) is 1. The maximum absolute atomic E-state index is 5.98. The summed E-state index contributed by atoms with van der Waals surface area (Å²) < 4.78 is 0. The summed E-state index contributed by atoms with van der Waals surface area (Å²) in [6.07, 6.45) is 6.08. The van der Waals surface area contributed by atoms with Gasteiger partial charge in [-0.05, 0) is 51.8 Å². The van der Waals surface area contributed by atoms with Crippen LogP contribution in [0.2, 0.25) is 0 Å². The monoisotopic (exact) mass is 289 g/mol. The molecule has 0 spiro atoms. The van der Waals surface area contributed by atoms with Gasteiger partial charge in [-0.2, -0.15) is 0 Å². The van der Waals surface area contributed by atoms with Crippen molar-refractivity contribution in [1.29, 1.82) is 0 Å². The molecule has 1 saturated carbocycles. The molecule has 1 aromatic carbocycles. The Labute approximate surface area is 129 Å². The second-order valence-corrected chi connectivity index (χ2v) is 7.11. The van der Waals surface area contributed by atoms with E-state index in [2.05, 4.69) is 62.5 Å². The molecule has 1 aromatic rings. The van der Waals surface area contributed by atoms with Gasteiger partial charge in [0, 0.05) is 11.6 Å². The highest BCUT2D eigenvalue weighted by Crippen LogP contribution is 2.39. The lowest BCUT2D eigenvalue weighted by molar-refractivity contribution is 0.0373. The first-order valence-corrected chi connectivity index (χ1v) is 8.17. The Balaban J connectivity index is 2.23. The topological polar surface area (TPSA) is 41.3 Å². The van der Waals surface area contributed by atoms with Crippen molar-refractivity contribution in [1.82, 2.24) is 10.3 Å². The summed E-state index contributed by atoms with van der Waals surface area (Å²) in [5, 5.41) is 0. The lowest BCUT2D eigenvalue weighted by atomic mass is 9.70. The van der Waals surface area contributed by atoms with Gasteiger partial charge in [0.2, 0.25) is 0 Å². The van der Waals surface area contributed by atoms with E-state index in [1.165, 1.54) is 36.8 Å². The van der Waals surface area contributed by atoms with Crippen LogP contribution in [0.4, 0.5) is 0 Å². The second kappa shape index (κ2) is 6.91. The Morgan fingerprint density at radius 3 is 2.76 bits per heavy atom. The molecule has 0 bridgehead atoms. The SMILES string of the molecule is Cc1cccc(CC(NN)C2(N(C)C)CCCC(C)C2)c1. The molecule has 3 nitrogen and oxygen atoms in total. The molecule has 21 heavy (non-hydrogen) atoms. The number of aryl methyl sites for hydroxylation is 1. The Bertz CT molecular complexity index is 458. The number of likely N-dealkylation sites (N-methyl/N-ethyl adjacent to an activating group) is 1. The molecule has 2 rings (SSSR count). The van der Waals surface area contributed by atoms with Gasteiger partial charge in [-0.15, -0.1) is 0 Å². The molecular formula is C18H31N3. The Morgan fingerprint density at radius 1 is 1.43 bits per heavy atom. The molecule has 3 N–H and O–H groups in total. The quantitative estimate of drug-likeness (QED) is 0.647. The summed E-state index contributed by atoms with van der Waals surface area (Å²) in [5.74, 6) is 6.75. The van der Waals surface area contributed by atoms with E-state index in [9.17, 15) is 0 Å². The van der Waals surface area contributed by atoms with Crippen LogP contribution in [0.25, 0.3) is 0 Å². The van der Waals surface area contributed by atoms with E-state index in [1.807, 2.05) is 0 Å². The molecule has 0 saturated heterocycles. The maximum Gasteiger partial charge on any atom is 0.0434 e. The molecule has 0 amide bonds.